The van der Waals surface area contributed by atoms with Gasteiger partial charge in [0.25, 0.3) is 0 Å². The highest BCUT2D eigenvalue weighted by molar-refractivity contribution is 5.70. The number of quaternary nitrogens is 1. The molecule has 2 heteroatoms. The number of hydrogen-bond donors (Lipinski definition) is 1. The largest absolute Gasteiger partial charge is 0.493 e. The molecular weight excluding hydrogens is 318 g/mol. The minimum Gasteiger partial charge on any atom is -0.493 e. The van der Waals surface area contributed by atoms with Gasteiger partial charge in [0.2, 0.25) is 0 Å². The number of unbranched alkanes of at least 4 members (excludes halogenated alkanes) is 1. The van der Waals surface area contributed by atoms with E-state index in [0.717, 1.165) is 25.3 Å². The van der Waals surface area contributed by atoms with Crippen molar-refractivity contribution in [2.45, 2.75) is 19.4 Å². The van der Waals surface area contributed by atoms with E-state index in [4.69, 9.17) is 4.74 Å². The Kier molecular flexibility index (Phi) is 6.86. The SMILES string of the molecule is C[NH+](CCCCOc1ccccc1-c1ccccc1)Cc1ccccc1. The monoisotopic (exact) mass is 346 g/mol. The smallest absolute Gasteiger partial charge is 0.127 e. The Morgan fingerprint density at radius 3 is 2.15 bits per heavy atom. The van der Waals surface area contributed by atoms with Crippen LogP contribution in [0, 0.1) is 0 Å². The maximum atomic E-state index is 6.08. The van der Waals surface area contributed by atoms with Crippen molar-refractivity contribution in [3.05, 3.63) is 90.5 Å². The summed E-state index contributed by atoms with van der Waals surface area (Å²) in [5, 5.41) is 0. The van der Waals surface area contributed by atoms with Gasteiger partial charge in [-0.2, -0.15) is 0 Å². The second kappa shape index (κ2) is 9.79. The van der Waals surface area contributed by atoms with Crippen molar-refractivity contribution in [3.63, 3.8) is 0 Å². The summed E-state index contributed by atoms with van der Waals surface area (Å²) in [6, 6.07) is 29.4. The van der Waals surface area contributed by atoms with Crippen molar-refractivity contribution in [1.82, 2.24) is 0 Å². The molecule has 0 saturated heterocycles. The summed E-state index contributed by atoms with van der Waals surface area (Å²) in [5.41, 5.74) is 3.77. The van der Waals surface area contributed by atoms with Crippen LogP contribution in [0.1, 0.15) is 18.4 Å². The van der Waals surface area contributed by atoms with E-state index in [1.165, 1.54) is 29.7 Å². The van der Waals surface area contributed by atoms with Gasteiger partial charge in [-0.15, -0.1) is 0 Å². The van der Waals surface area contributed by atoms with Crippen molar-refractivity contribution in [2.75, 3.05) is 20.2 Å². The Labute approximate surface area is 157 Å². The van der Waals surface area contributed by atoms with E-state index in [9.17, 15) is 0 Å². The lowest BCUT2D eigenvalue weighted by molar-refractivity contribution is -0.894. The van der Waals surface area contributed by atoms with Gasteiger partial charge in [0.1, 0.15) is 12.3 Å². The third-order valence-electron chi connectivity index (χ3n) is 4.58. The highest BCUT2D eigenvalue weighted by Gasteiger charge is 2.06. The van der Waals surface area contributed by atoms with Gasteiger partial charge in [-0.1, -0.05) is 78.9 Å². The molecule has 0 aromatic heterocycles. The molecular formula is C24H28NO+. The summed E-state index contributed by atoms with van der Waals surface area (Å²) < 4.78 is 6.08. The van der Waals surface area contributed by atoms with Crippen molar-refractivity contribution in [3.8, 4) is 16.9 Å². The lowest BCUT2D eigenvalue weighted by atomic mass is 10.1. The Morgan fingerprint density at radius 1 is 0.731 bits per heavy atom. The highest BCUT2D eigenvalue weighted by Crippen LogP contribution is 2.29. The Hall–Kier alpha value is -2.58. The third-order valence-corrected chi connectivity index (χ3v) is 4.58. The van der Waals surface area contributed by atoms with Crippen LogP contribution >= 0.6 is 0 Å². The molecule has 2 nitrogen and oxygen atoms in total. The third kappa shape index (κ3) is 5.47. The van der Waals surface area contributed by atoms with Crippen LogP contribution in [-0.2, 0) is 6.54 Å². The average Bonchev–Trinajstić information content (AvgIpc) is 2.69. The first-order valence-corrected chi connectivity index (χ1v) is 9.45. The van der Waals surface area contributed by atoms with Gasteiger partial charge in [-0.05, 0) is 24.5 Å². The maximum Gasteiger partial charge on any atom is 0.127 e. The summed E-state index contributed by atoms with van der Waals surface area (Å²) >= 11 is 0. The molecule has 0 amide bonds. The van der Waals surface area contributed by atoms with Gasteiger partial charge in [-0.25, -0.2) is 0 Å². The van der Waals surface area contributed by atoms with E-state index < -0.39 is 0 Å². The van der Waals surface area contributed by atoms with Gasteiger partial charge in [0.15, 0.2) is 0 Å². The second-order valence-electron chi connectivity index (χ2n) is 6.79. The Balaban J connectivity index is 1.43. The Bertz CT molecular complexity index is 770. The summed E-state index contributed by atoms with van der Waals surface area (Å²) in [4.78, 5) is 1.54. The molecule has 3 rings (SSSR count). The first-order valence-electron chi connectivity index (χ1n) is 9.45. The van der Waals surface area contributed by atoms with Crippen molar-refractivity contribution >= 4 is 0 Å². The van der Waals surface area contributed by atoms with Crippen LogP contribution in [0.2, 0.25) is 0 Å². The fourth-order valence-corrected chi connectivity index (χ4v) is 3.19. The minimum atomic E-state index is 0.766. The highest BCUT2D eigenvalue weighted by atomic mass is 16.5. The zero-order valence-electron chi connectivity index (χ0n) is 15.5. The zero-order chi connectivity index (χ0) is 18.0. The van der Waals surface area contributed by atoms with Crippen molar-refractivity contribution in [1.29, 1.82) is 0 Å². The minimum absolute atomic E-state index is 0.766. The second-order valence-corrected chi connectivity index (χ2v) is 6.79. The molecule has 3 aromatic carbocycles. The van der Waals surface area contributed by atoms with Crippen molar-refractivity contribution in [2.24, 2.45) is 0 Å². The number of hydrogen-bond acceptors (Lipinski definition) is 1. The molecule has 0 radical (unpaired) electrons. The van der Waals surface area contributed by atoms with E-state index in [-0.39, 0.29) is 0 Å². The summed E-state index contributed by atoms with van der Waals surface area (Å²) in [7, 11) is 2.26. The molecule has 134 valence electrons. The maximum absolute atomic E-state index is 6.08. The molecule has 0 fully saturated rings. The number of benzene rings is 3. The predicted molar refractivity (Wildman–Crippen MR) is 109 cm³/mol. The van der Waals surface area contributed by atoms with E-state index in [0.29, 0.717) is 0 Å². The van der Waals surface area contributed by atoms with Crippen LogP contribution in [0.25, 0.3) is 11.1 Å². The summed E-state index contributed by atoms with van der Waals surface area (Å²) in [5.74, 6) is 0.976. The number of para-hydroxylation sites is 1. The first kappa shape index (κ1) is 18.2. The van der Waals surface area contributed by atoms with Gasteiger partial charge in [-0.3, -0.25) is 0 Å². The lowest BCUT2D eigenvalue weighted by Gasteiger charge is -2.15. The van der Waals surface area contributed by atoms with Gasteiger partial charge >= 0.3 is 0 Å². The van der Waals surface area contributed by atoms with Crippen molar-refractivity contribution < 1.29 is 9.64 Å². The Morgan fingerprint density at radius 2 is 1.38 bits per heavy atom. The molecule has 0 saturated carbocycles. The molecule has 0 aliphatic carbocycles. The number of nitrogens with one attached hydrogen (secondary N) is 1. The standard InChI is InChI=1S/C24H27NO/c1-25(20-21-12-4-2-5-13-21)18-10-11-19-26-24-17-9-8-16-23(24)22-14-6-3-7-15-22/h2-9,12-17H,10-11,18-20H2,1H3/p+1. The molecule has 1 unspecified atom stereocenters. The van der Waals surface area contributed by atoms with E-state index in [1.807, 2.05) is 12.1 Å². The first-order chi connectivity index (χ1) is 12.8. The lowest BCUT2D eigenvalue weighted by Crippen LogP contribution is -3.07. The summed E-state index contributed by atoms with van der Waals surface area (Å²) in [6.45, 7) is 3.01. The van der Waals surface area contributed by atoms with E-state index in [1.54, 1.807) is 4.90 Å². The number of rotatable bonds is 9. The van der Waals surface area contributed by atoms with E-state index in [2.05, 4.69) is 79.8 Å². The number of ether oxygens (including phenoxy) is 1. The predicted octanol–water partition coefficient (Wildman–Crippen LogP) is 4.23. The van der Waals surface area contributed by atoms with E-state index >= 15 is 0 Å². The molecule has 26 heavy (non-hydrogen) atoms. The van der Waals surface area contributed by atoms with Crippen LogP contribution in [0.3, 0.4) is 0 Å². The van der Waals surface area contributed by atoms with Crippen LogP contribution in [0.15, 0.2) is 84.9 Å². The molecule has 0 bridgehead atoms. The molecule has 0 aliphatic rings. The van der Waals surface area contributed by atoms with Crippen LogP contribution in [0.4, 0.5) is 0 Å². The average molecular weight is 346 g/mol. The van der Waals surface area contributed by atoms with Crippen LogP contribution < -0.4 is 9.64 Å². The molecule has 3 aromatic rings. The molecule has 0 aliphatic heterocycles. The summed E-state index contributed by atoms with van der Waals surface area (Å²) in [6.07, 6.45) is 2.25. The zero-order valence-corrected chi connectivity index (χ0v) is 15.5. The molecule has 0 heterocycles. The normalized spacial score (nSPS) is 11.9. The molecule has 1 N–H and O–H groups in total. The van der Waals surface area contributed by atoms with Gasteiger partial charge < -0.3 is 9.64 Å². The van der Waals surface area contributed by atoms with Gasteiger partial charge in [0, 0.05) is 11.1 Å². The molecule has 1 atom stereocenters. The van der Waals surface area contributed by atoms with Crippen LogP contribution in [0.5, 0.6) is 5.75 Å². The quantitative estimate of drug-likeness (QED) is 0.573. The molecule has 0 spiro atoms. The van der Waals surface area contributed by atoms with Crippen LogP contribution in [-0.4, -0.2) is 20.2 Å². The fraction of sp³-hybridized carbons (Fsp3) is 0.250. The van der Waals surface area contributed by atoms with Gasteiger partial charge in [0.05, 0.1) is 20.2 Å². The fourth-order valence-electron chi connectivity index (χ4n) is 3.19. The topological polar surface area (TPSA) is 13.7 Å².